The lowest BCUT2D eigenvalue weighted by molar-refractivity contribution is -0.124. The normalized spacial score (nSPS) is 11.8. The molecule has 7 nitrogen and oxygen atoms in total. The number of carbonyl (C=O) groups excluding carboxylic acids is 2. The fraction of sp³-hybridized carbons (Fsp3) is 0.304. The van der Waals surface area contributed by atoms with Crippen molar-refractivity contribution in [1.82, 2.24) is 20.1 Å². The number of pyridine rings is 1. The molecular weight excluding hydrogens is 416 g/mol. The maximum Gasteiger partial charge on any atom is 0.359 e. The second kappa shape index (κ2) is 9.31. The molecule has 2 heterocycles. The van der Waals surface area contributed by atoms with Gasteiger partial charge in [-0.3, -0.25) is 4.79 Å². The highest BCUT2D eigenvalue weighted by atomic mass is 35.5. The topological polar surface area (TPSA) is 86.1 Å². The summed E-state index contributed by atoms with van der Waals surface area (Å²) in [4.78, 5) is 29.1. The molecule has 3 aromatic rings. The van der Waals surface area contributed by atoms with Gasteiger partial charge in [-0.2, -0.15) is 5.10 Å². The number of esters is 1. The number of rotatable bonds is 6. The summed E-state index contributed by atoms with van der Waals surface area (Å²) in [6, 6.07) is 10.9. The molecule has 0 radical (unpaired) electrons. The van der Waals surface area contributed by atoms with Gasteiger partial charge in [-0.15, -0.1) is 0 Å². The molecule has 31 heavy (non-hydrogen) atoms. The molecule has 0 fully saturated rings. The lowest BCUT2D eigenvalue weighted by Gasteiger charge is -2.16. The van der Waals surface area contributed by atoms with Crippen LogP contribution in [0.15, 0.2) is 36.4 Å². The molecule has 0 aliphatic carbocycles. The van der Waals surface area contributed by atoms with Gasteiger partial charge in [0.25, 0.3) is 5.91 Å². The van der Waals surface area contributed by atoms with E-state index in [1.54, 1.807) is 16.8 Å². The van der Waals surface area contributed by atoms with E-state index in [1.165, 1.54) is 5.56 Å². The van der Waals surface area contributed by atoms with Crippen LogP contribution >= 0.6 is 11.6 Å². The lowest BCUT2D eigenvalue weighted by Crippen LogP contribution is -2.31. The number of carbonyl (C=O) groups is 2. The minimum Gasteiger partial charge on any atom is -0.451 e. The first kappa shape index (κ1) is 22.5. The molecule has 0 spiro atoms. The molecule has 1 atom stereocenters. The SMILES string of the molecule is Cc1cc(C)n(-c2ccc(Cl)c(C(=O)OCC(=O)NC(C)c3ccc(C)c(C)c3)n2)n1. The number of nitrogens with zero attached hydrogens (tertiary/aromatic N) is 3. The van der Waals surface area contributed by atoms with E-state index in [0.29, 0.717) is 5.82 Å². The van der Waals surface area contributed by atoms with E-state index in [1.807, 2.05) is 58.9 Å². The van der Waals surface area contributed by atoms with Crippen LogP contribution in [0.1, 0.15) is 51.5 Å². The largest absolute Gasteiger partial charge is 0.451 e. The molecule has 2 aromatic heterocycles. The van der Waals surface area contributed by atoms with Gasteiger partial charge < -0.3 is 10.1 Å². The van der Waals surface area contributed by atoms with Gasteiger partial charge in [0.15, 0.2) is 18.1 Å². The molecule has 0 saturated heterocycles. The summed E-state index contributed by atoms with van der Waals surface area (Å²) in [7, 11) is 0. The number of hydrogen-bond donors (Lipinski definition) is 1. The third kappa shape index (κ3) is 5.30. The van der Waals surface area contributed by atoms with Crippen LogP contribution in [-0.4, -0.2) is 33.2 Å². The van der Waals surface area contributed by atoms with Crippen LogP contribution in [0.3, 0.4) is 0 Å². The monoisotopic (exact) mass is 440 g/mol. The predicted molar refractivity (Wildman–Crippen MR) is 119 cm³/mol. The smallest absolute Gasteiger partial charge is 0.359 e. The summed E-state index contributed by atoms with van der Waals surface area (Å²) >= 11 is 6.14. The molecule has 1 N–H and O–H groups in total. The average molecular weight is 441 g/mol. The van der Waals surface area contributed by atoms with Crippen LogP contribution in [0, 0.1) is 27.7 Å². The Kier molecular flexibility index (Phi) is 6.75. The number of hydrogen-bond acceptors (Lipinski definition) is 5. The Labute approximate surface area is 186 Å². The van der Waals surface area contributed by atoms with E-state index < -0.39 is 18.5 Å². The van der Waals surface area contributed by atoms with Gasteiger partial charge in [-0.1, -0.05) is 29.8 Å². The van der Waals surface area contributed by atoms with Crippen molar-refractivity contribution >= 4 is 23.5 Å². The van der Waals surface area contributed by atoms with E-state index in [2.05, 4.69) is 15.4 Å². The van der Waals surface area contributed by atoms with Gasteiger partial charge in [0.1, 0.15) is 0 Å². The number of amides is 1. The molecule has 1 amide bonds. The molecule has 8 heteroatoms. The highest BCUT2D eigenvalue weighted by molar-refractivity contribution is 6.33. The van der Waals surface area contributed by atoms with Crippen LogP contribution in [0.25, 0.3) is 5.82 Å². The third-order valence-corrected chi connectivity index (χ3v) is 5.30. The molecule has 0 bridgehead atoms. The Bertz CT molecular complexity index is 1140. The first-order chi connectivity index (χ1) is 14.7. The zero-order valence-electron chi connectivity index (χ0n) is 18.2. The minimum absolute atomic E-state index is 0.0678. The van der Waals surface area contributed by atoms with Crippen molar-refractivity contribution < 1.29 is 14.3 Å². The van der Waals surface area contributed by atoms with Crippen molar-refractivity contribution in [2.45, 2.75) is 40.7 Å². The number of benzene rings is 1. The van der Waals surface area contributed by atoms with E-state index in [9.17, 15) is 9.59 Å². The molecule has 0 aliphatic heterocycles. The fourth-order valence-electron chi connectivity index (χ4n) is 3.15. The van der Waals surface area contributed by atoms with Crippen molar-refractivity contribution in [2.75, 3.05) is 6.61 Å². The molecule has 1 unspecified atom stereocenters. The number of halogens is 1. The molecular formula is C23H25ClN4O3. The van der Waals surface area contributed by atoms with Gasteiger partial charge in [0.2, 0.25) is 0 Å². The molecule has 0 saturated carbocycles. The molecule has 1 aromatic carbocycles. The first-order valence-corrected chi connectivity index (χ1v) is 10.3. The van der Waals surface area contributed by atoms with Crippen molar-refractivity contribution in [3.05, 3.63) is 75.2 Å². The van der Waals surface area contributed by atoms with Crippen molar-refractivity contribution in [2.24, 2.45) is 0 Å². The zero-order valence-corrected chi connectivity index (χ0v) is 18.9. The van der Waals surface area contributed by atoms with Crippen LogP contribution in [-0.2, 0) is 9.53 Å². The van der Waals surface area contributed by atoms with Gasteiger partial charge in [0, 0.05) is 5.69 Å². The van der Waals surface area contributed by atoms with Gasteiger partial charge >= 0.3 is 5.97 Å². The van der Waals surface area contributed by atoms with Crippen LogP contribution in [0.5, 0.6) is 0 Å². The van der Waals surface area contributed by atoms with E-state index in [0.717, 1.165) is 22.5 Å². The summed E-state index contributed by atoms with van der Waals surface area (Å²) < 4.78 is 6.76. The molecule has 0 aliphatic rings. The Morgan fingerprint density at radius 3 is 2.48 bits per heavy atom. The first-order valence-electron chi connectivity index (χ1n) is 9.89. The van der Waals surface area contributed by atoms with Crippen molar-refractivity contribution in [3.8, 4) is 5.82 Å². The highest BCUT2D eigenvalue weighted by Crippen LogP contribution is 2.19. The minimum atomic E-state index is -0.776. The number of aromatic nitrogens is 3. The zero-order chi connectivity index (χ0) is 22.7. The standard InChI is InChI=1S/C23H25ClN4O3/c1-13-6-7-18(10-14(13)2)17(5)25-21(29)12-31-23(30)22-19(24)8-9-20(26-22)28-16(4)11-15(3)27-28/h6-11,17H,12H2,1-5H3,(H,25,29). The fourth-order valence-corrected chi connectivity index (χ4v) is 3.34. The maximum absolute atomic E-state index is 12.5. The summed E-state index contributed by atoms with van der Waals surface area (Å²) in [5, 5.41) is 7.32. The highest BCUT2D eigenvalue weighted by Gasteiger charge is 2.19. The average Bonchev–Trinajstić information content (AvgIpc) is 3.06. The van der Waals surface area contributed by atoms with Gasteiger partial charge in [-0.05, 0) is 69.5 Å². The van der Waals surface area contributed by atoms with Crippen molar-refractivity contribution in [3.63, 3.8) is 0 Å². The number of ether oxygens (including phenoxy) is 1. The van der Waals surface area contributed by atoms with Gasteiger partial charge in [0.05, 0.1) is 16.8 Å². The van der Waals surface area contributed by atoms with Crippen molar-refractivity contribution in [1.29, 1.82) is 0 Å². The van der Waals surface area contributed by atoms with E-state index in [-0.39, 0.29) is 16.8 Å². The summed E-state index contributed by atoms with van der Waals surface area (Å²) in [5.41, 5.74) is 4.93. The van der Waals surface area contributed by atoms with Gasteiger partial charge in [-0.25, -0.2) is 14.5 Å². The second-order valence-electron chi connectivity index (χ2n) is 7.55. The molecule has 3 rings (SSSR count). The Hall–Kier alpha value is -3.19. The molecule has 162 valence electrons. The number of nitrogens with one attached hydrogen (secondary N) is 1. The van der Waals surface area contributed by atoms with E-state index >= 15 is 0 Å². The predicted octanol–water partition coefficient (Wildman–Crippen LogP) is 4.19. The lowest BCUT2D eigenvalue weighted by atomic mass is 10.0. The Balaban J connectivity index is 1.65. The third-order valence-electron chi connectivity index (χ3n) is 4.99. The Morgan fingerprint density at radius 2 is 1.84 bits per heavy atom. The van der Waals surface area contributed by atoms with E-state index in [4.69, 9.17) is 16.3 Å². The second-order valence-corrected chi connectivity index (χ2v) is 7.96. The number of aryl methyl sites for hydroxylation is 4. The maximum atomic E-state index is 12.5. The van der Waals surface area contributed by atoms with Crippen LogP contribution in [0.2, 0.25) is 5.02 Å². The summed E-state index contributed by atoms with van der Waals surface area (Å²) in [5.74, 6) is -0.748. The van der Waals surface area contributed by atoms with Crippen LogP contribution < -0.4 is 5.32 Å². The summed E-state index contributed by atoms with van der Waals surface area (Å²) in [6.45, 7) is 9.24. The quantitative estimate of drug-likeness (QED) is 0.581. The van der Waals surface area contributed by atoms with Crippen LogP contribution in [0.4, 0.5) is 0 Å². The summed E-state index contributed by atoms with van der Waals surface area (Å²) in [6.07, 6.45) is 0. The Morgan fingerprint density at radius 1 is 1.10 bits per heavy atom.